The summed E-state index contributed by atoms with van der Waals surface area (Å²) in [6, 6.07) is 22.2. The van der Waals surface area contributed by atoms with E-state index in [0.717, 1.165) is 60.8 Å². The van der Waals surface area contributed by atoms with E-state index in [2.05, 4.69) is 50.1 Å². The van der Waals surface area contributed by atoms with Gasteiger partial charge in [-0.2, -0.15) is 9.55 Å². The fraction of sp³-hybridized carbons (Fsp3) is 0.231. The highest BCUT2D eigenvalue weighted by molar-refractivity contribution is 6.04. The Morgan fingerprint density at radius 1 is 0.810 bits per heavy atom. The van der Waals surface area contributed by atoms with Gasteiger partial charge in [-0.1, -0.05) is 18.2 Å². The summed E-state index contributed by atoms with van der Waals surface area (Å²) < 4.78 is 6.89. The maximum absolute atomic E-state index is 12.8. The van der Waals surface area contributed by atoms with E-state index in [-0.39, 0.29) is 23.6 Å². The number of aromatic nitrogens is 7. The minimum Gasteiger partial charge on any atom is -0.477 e. The third-order valence-corrected chi connectivity index (χ3v) is 9.94. The molecule has 0 radical (unpaired) electrons. The lowest BCUT2D eigenvalue weighted by Gasteiger charge is -2.35. The first kappa shape index (κ1) is 37.2. The number of aromatic carboxylic acids is 1. The summed E-state index contributed by atoms with van der Waals surface area (Å²) in [6.45, 7) is 3.63. The van der Waals surface area contributed by atoms with E-state index in [0.29, 0.717) is 29.0 Å². The van der Waals surface area contributed by atoms with Gasteiger partial charge in [0.15, 0.2) is 23.0 Å². The monoisotopic (exact) mass is 784 g/mol. The van der Waals surface area contributed by atoms with Gasteiger partial charge >= 0.3 is 29.3 Å². The standard InChI is InChI=1S/C16H15N5O3.C12H8N4O2.C11H13N3O2/c22-15(23)11-4-5-12-14(18-11)21(10-6-8-20(12)9-10)16(24)19-13-3-1-2-7-17-13;17-11-14-10-6-2-4-8-15(10)12(18)16(11)9-5-1-3-7-13-9;1-16-11(15)8-2-3-9-10(13-8)12-7-4-5-14(9)6-7/h1-5,7,10H,6,8-9H2,(H,22,23)(H,17,19,24);1-8H;2-3,7H,4-6H2,1H3,(H,12,13)/t10-;;7-/m0.0/s1. The minimum absolute atomic E-state index is 0.0299. The number of carboxylic acid groups (broad SMARTS) is 1. The van der Waals surface area contributed by atoms with Crippen molar-refractivity contribution in [2.75, 3.05) is 58.6 Å². The van der Waals surface area contributed by atoms with Crippen LogP contribution < -0.4 is 36.7 Å². The van der Waals surface area contributed by atoms with Crippen molar-refractivity contribution in [1.29, 1.82) is 0 Å². The van der Waals surface area contributed by atoms with Crippen molar-refractivity contribution in [3.8, 4) is 5.82 Å². The molecule has 3 N–H and O–H groups in total. The maximum Gasteiger partial charge on any atom is 0.359 e. The van der Waals surface area contributed by atoms with E-state index >= 15 is 0 Å². The Hall–Kier alpha value is -7.70. The van der Waals surface area contributed by atoms with Gasteiger partial charge in [0.05, 0.1) is 24.5 Å². The minimum atomic E-state index is -1.11. The SMILES string of the molecule is COC(=O)c1ccc2c(n1)N[C@H]1CCN2C1.O=C(O)c1ccc2c(n1)N(C(=O)Nc1ccccn1)[C@H]1CCN2C1.O=c1nc2ccccn2c(=O)n1-c1ccccn1. The maximum atomic E-state index is 12.8. The van der Waals surface area contributed by atoms with Gasteiger partial charge in [0.2, 0.25) is 0 Å². The zero-order valence-corrected chi connectivity index (χ0v) is 31.0. The second-order valence-electron chi connectivity index (χ2n) is 13.5. The second-order valence-corrected chi connectivity index (χ2v) is 13.5. The lowest BCUT2D eigenvalue weighted by molar-refractivity contribution is 0.0593. The molecule has 2 atom stereocenters. The van der Waals surface area contributed by atoms with Gasteiger partial charge in [0.25, 0.3) is 0 Å². The molecule has 0 saturated carbocycles. The van der Waals surface area contributed by atoms with Gasteiger partial charge in [-0.25, -0.2) is 43.9 Å². The summed E-state index contributed by atoms with van der Waals surface area (Å²) in [5, 5.41) is 15.3. The molecule has 0 aromatic carbocycles. The van der Waals surface area contributed by atoms with Crippen LogP contribution in [0.1, 0.15) is 33.8 Å². The molecule has 4 aliphatic rings. The number of methoxy groups -OCH3 is 1. The van der Waals surface area contributed by atoms with Crippen molar-refractivity contribution in [3.05, 3.63) is 130 Å². The number of amides is 2. The summed E-state index contributed by atoms with van der Waals surface area (Å²) in [5.74, 6) is 0.388. The number of carbonyl (C=O) groups excluding carboxylic acids is 2. The summed E-state index contributed by atoms with van der Waals surface area (Å²) in [6.07, 6.45) is 6.61. The van der Waals surface area contributed by atoms with E-state index in [4.69, 9.17) is 0 Å². The number of fused-ring (bicyclic) bond motifs is 9. The highest BCUT2D eigenvalue weighted by Crippen LogP contribution is 2.39. The van der Waals surface area contributed by atoms with E-state index in [1.54, 1.807) is 84.0 Å². The normalized spacial score (nSPS) is 16.7. The fourth-order valence-electron chi connectivity index (χ4n) is 7.23. The van der Waals surface area contributed by atoms with Crippen LogP contribution in [0, 0.1) is 0 Å². The van der Waals surface area contributed by atoms with Crippen LogP contribution >= 0.6 is 0 Å². The number of carbonyl (C=O) groups is 3. The quantitative estimate of drug-likeness (QED) is 0.219. The molecule has 0 aliphatic carbocycles. The molecule has 19 nitrogen and oxygen atoms in total. The first-order valence-corrected chi connectivity index (χ1v) is 18.3. The number of esters is 1. The zero-order chi connectivity index (χ0) is 40.3. The Balaban J connectivity index is 0.000000124. The summed E-state index contributed by atoms with van der Waals surface area (Å²) in [5.41, 5.74) is 1.35. The van der Waals surface area contributed by atoms with E-state index in [1.807, 2.05) is 6.07 Å². The van der Waals surface area contributed by atoms with Gasteiger partial charge < -0.3 is 25.0 Å². The number of hydrogen-bond donors (Lipinski definition) is 3. The summed E-state index contributed by atoms with van der Waals surface area (Å²) in [4.78, 5) is 85.8. The topological polar surface area (TPSA) is 222 Å². The summed E-state index contributed by atoms with van der Waals surface area (Å²) >= 11 is 0. The molecular formula is C39H36N12O7. The van der Waals surface area contributed by atoms with Gasteiger partial charge in [-0.3, -0.25) is 14.6 Å². The molecule has 0 unspecified atom stereocenters. The predicted molar refractivity (Wildman–Crippen MR) is 212 cm³/mol. The van der Waals surface area contributed by atoms with Crippen LogP contribution in [0.5, 0.6) is 0 Å². The third-order valence-electron chi connectivity index (χ3n) is 9.94. The van der Waals surface area contributed by atoms with Gasteiger partial charge in [0, 0.05) is 50.8 Å². The van der Waals surface area contributed by atoms with E-state index in [9.17, 15) is 29.1 Å². The Bertz CT molecular complexity index is 2640. The zero-order valence-electron chi connectivity index (χ0n) is 31.0. The molecule has 4 aliphatic heterocycles. The van der Waals surface area contributed by atoms with Crippen molar-refractivity contribution in [2.24, 2.45) is 0 Å². The number of nitrogens with zero attached hydrogens (tertiary/aromatic N) is 10. The molecule has 2 saturated heterocycles. The van der Waals surface area contributed by atoms with Crippen LogP contribution in [0.15, 0.2) is 107 Å². The van der Waals surface area contributed by atoms with Crippen molar-refractivity contribution in [3.63, 3.8) is 0 Å². The molecule has 10 rings (SSSR count). The molecule has 0 spiro atoms. The summed E-state index contributed by atoms with van der Waals surface area (Å²) in [7, 11) is 1.37. The van der Waals surface area contributed by atoms with Crippen LogP contribution in [-0.4, -0.2) is 102 Å². The van der Waals surface area contributed by atoms with Gasteiger partial charge in [-0.15, -0.1) is 0 Å². The largest absolute Gasteiger partial charge is 0.477 e. The first-order valence-electron chi connectivity index (χ1n) is 18.3. The molecule has 294 valence electrons. The Kier molecular flexibility index (Phi) is 10.1. The number of carboxylic acids is 1. The van der Waals surface area contributed by atoms with Crippen LogP contribution in [0.3, 0.4) is 0 Å². The molecule has 19 heteroatoms. The molecule has 6 aromatic heterocycles. The van der Waals surface area contributed by atoms with E-state index < -0.39 is 23.3 Å². The van der Waals surface area contributed by atoms with Crippen molar-refractivity contribution in [2.45, 2.75) is 24.9 Å². The average molecular weight is 785 g/mol. The molecule has 4 bridgehead atoms. The van der Waals surface area contributed by atoms with Crippen LogP contribution in [0.2, 0.25) is 0 Å². The Morgan fingerprint density at radius 3 is 2.31 bits per heavy atom. The van der Waals surface area contributed by atoms with Crippen LogP contribution in [0.25, 0.3) is 11.5 Å². The highest BCUT2D eigenvalue weighted by atomic mass is 16.5. The average Bonchev–Trinajstić information content (AvgIpc) is 3.85. The predicted octanol–water partition coefficient (Wildman–Crippen LogP) is 2.92. The molecule has 2 amide bonds. The third kappa shape index (κ3) is 7.34. The Morgan fingerprint density at radius 2 is 1.55 bits per heavy atom. The molecule has 6 aromatic rings. The Labute approximate surface area is 329 Å². The van der Waals surface area contributed by atoms with Gasteiger partial charge in [0.1, 0.15) is 17.3 Å². The lowest BCUT2D eigenvalue weighted by atomic mass is 10.2. The van der Waals surface area contributed by atoms with Crippen LogP contribution in [-0.2, 0) is 4.74 Å². The number of hydrogen-bond acceptors (Lipinski definition) is 14. The van der Waals surface area contributed by atoms with Gasteiger partial charge in [-0.05, 0) is 73.5 Å². The number of urea groups is 1. The number of nitrogens with one attached hydrogen (secondary N) is 2. The number of pyridine rings is 5. The van der Waals surface area contributed by atoms with E-state index in [1.165, 1.54) is 23.8 Å². The molecular weight excluding hydrogens is 749 g/mol. The number of rotatable bonds is 4. The van der Waals surface area contributed by atoms with Crippen molar-refractivity contribution in [1.82, 2.24) is 33.9 Å². The molecule has 2 fully saturated rings. The smallest absolute Gasteiger partial charge is 0.359 e. The number of anilines is 5. The molecule has 10 heterocycles. The lowest BCUT2D eigenvalue weighted by Crippen LogP contribution is -2.48. The second kappa shape index (κ2) is 15.8. The van der Waals surface area contributed by atoms with Crippen LogP contribution in [0.4, 0.5) is 33.6 Å². The highest BCUT2D eigenvalue weighted by Gasteiger charge is 2.40. The van der Waals surface area contributed by atoms with Crippen molar-refractivity contribution < 1.29 is 24.2 Å². The fourth-order valence-corrected chi connectivity index (χ4v) is 7.23. The first-order chi connectivity index (χ1) is 28.2. The number of ether oxygens (including phenoxy) is 1. The van der Waals surface area contributed by atoms with Crippen molar-refractivity contribution >= 4 is 52.4 Å². The molecule has 58 heavy (non-hydrogen) atoms.